The molecule has 13 heavy (non-hydrogen) atoms. The summed E-state index contributed by atoms with van der Waals surface area (Å²) in [6.45, 7) is 0.363. The Morgan fingerprint density at radius 1 is 0.923 bits per heavy atom. The number of hydrogen-bond acceptors (Lipinski definition) is 9. The molecule has 0 saturated carbocycles. The summed E-state index contributed by atoms with van der Waals surface area (Å²) in [5.41, 5.74) is 0. The van der Waals surface area contributed by atoms with Crippen LogP contribution in [0.1, 0.15) is 0 Å². The molecule has 0 aliphatic rings. The lowest BCUT2D eigenvalue weighted by Crippen LogP contribution is -2.19. The van der Waals surface area contributed by atoms with E-state index in [-0.39, 0.29) is 0 Å². The van der Waals surface area contributed by atoms with E-state index < -0.39 is 23.2 Å². The highest BCUT2D eigenvalue weighted by molar-refractivity contribution is 7.66. The molecule has 12 heteroatoms. The van der Waals surface area contributed by atoms with Gasteiger partial charge in [-0.3, -0.25) is 13.2 Å². The van der Waals surface area contributed by atoms with E-state index >= 15 is 0 Å². The first-order chi connectivity index (χ1) is 5.41. The standard InChI is InChI=1S/CH7O9P3/c1-11(2,3)9-13(7,8)10-12(4,5)6/h1H3,(H,2,3)(H,7,8)(H2,4,5,6)/p-4. The highest BCUT2D eigenvalue weighted by Gasteiger charge is 2.16. The summed E-state index contributed by atoms with van der Waals surface area (Å²) in [7, 11) is -16.2. The molecule has 0 aliphatic carbocycles. The number of phosphoric acid groups is 2. The molecule has 0 aromatic carbocycles. The van der Waals surface area contributed by atoms with E-state index in [0.29, 0.717) is 6.66 Å². The molecule has 0 heterocycles. The summed E-state index contributed by atoms with van der Waals surface area (Å²) in [6, 6.07) is 0. The predicted molar refractivity (Wildman–Crippen MR) is 30.9 cm³/mol. The molecule has 2 atom stereocenters. The van der Waals surface area contributed by atoms with Crippen molar-refractivity contribution in [3.8, 4) is 0 Å². The molecule has 0 N–H and O–H groups in total. The summed E-state index contributed by atoms with van der Waals surface area (Å²) >= 11 is 0. The molecule has 0 aromatic heterocycles. The van der Waals surface area contributed by atoms with Gasteiger partial charge < -0.3 is 28.7 Å². The van der Waals surface area contributed by atoms with Gasteiger partial charge in [0, 0.05) is 6.66 Å². The molecule has 0 aliphatic heterocycles. The molecule has 0 spiro atoms. The molecule has 0 rings (SSSR count). The fourth-order valence-electron chi connectivity index (χ4n) is 0.319. The summed E-state index contributed by atoms with van der Waals surface area (Å²) in [4.78, 5) is 40.0. The Hall–Kier alpha value is 0.450. The molecule has 0 radical (unpaired) electrons. The van der Waals surface area contributed by atoms with Gasteiger partial charge in [0.05, 0.1) is 7.82 Å². The Balaban J connectivity index is 4.54. The van der Waals surface area contributed by atoms with Gasteiger partial charge in [-0.2, -0.15) is 0 Å². The van der Waals surface area contributed by atoms with Gasteiger partial charge in [-0.1, -0.05) is 0 Å². The fraction of sp³-hybridized carbons (Fsp3) is 1.00. The molecule has 9 nitrogen and oxygen atoms in total. The van der Waals surface area contributed by atoms with Crippen LogP contribution in [-0.2, 0) is 22.3 Å². The second-order valence-corrected chi connectivity index (χ2v) is 6.47. The SMILES string of the molecule is CP(=O)([O-])OP(=O)([O-])OP(=O)([O-])[O-]. The highest BCUT2D eigenvalue weighted by Crippen LogP contribution is 2.58. The molecule has 0 bridgehead atoms. The molecular formula is CH3O9P3-4. The van der Waals surface area contributed by atoms with Crippen molar-refractivity contribution in [3.05, 3.63) is 0 Å². The maximum atomic E-state index is 10.3. The summed E-state index contributed by atoms with van der Waals surface area (Å²) < 4.78 is 36.3. The van der Waals surface area contributed by atoms with Gasteiger partial charge in [-0.25, -0.2) is 0 Å². The van der Waals surface area contributed by atoms with Gasteiger partial charge >= 0.3 is 0 Å². The molecule has 80 valence electrons. The van der Waals surface area contributed by atoms with Crippen molar-refractivity contribution >= 4 is 23.2 Å². The Bertz CT molecular complexity index is 277. The molecule has 0 fully saturated rings. The normalized spacial score (nSPS) is 21.9. The van der Waals surface area contributed by atoms with Crippen LogP contribution in [0.3, 0.4) is 0 Å². The van der Waals surface area contributed by atoms with E-state index in [4.69, 9.17) is 0 Å². The molecule has 0 saturated heterocycles. The van der Waals surface area contributed by atoms with Crippen LogP contribution < -0.4 is 19.6 Å². The van der Waals surface area contributed by atoms with Crippen LogP contribution in [0.15, 0.2) is 0 Å². The Labute approximate surface area is 72.7 Å². The van der Waals surface area contributed by atoms with E-state index in [2.05, 4.69) is 8.62 Å². The third-order valence-electron chi connectivity index (χ3n) is 0.448. The summed E-state index contributed by atoms with van der Waals surface area (Å²) in [5.74, 6) is 0. The third kappa shape index (κ3) is 8.77. The monoisotopic (exact) mass is 252 g/mol. The van der Waals surface area contributed by atoms with Crippen molar-refractivity contribution in [1.82, 2.24) is 0 Å². The zero-order valence-electron chi connectivity index (χ0n) is 6.02. The van der Waals surface area contributed by atoms with Crippen LogP contribution in [0.4, 0.5) is 0 Å². The van der Waals surface area contributed by atoms with Crippen molar-refractivity contribution < 1.29 is 41.9 Å². The van der Waals surface area contributed by atoms with E-state index in [1.54, 1.807) is 0 Å². The van der Waals surface area contributed by atoms with Gasteiger partial charge in [0.1, 0.15) is 7.60 Å². The zero-order valence-corrected chi connectivity index (χ0v) is 8.70. The van der Waals surface area contributed by atoms with Crippen LogP contribution >= 0.6 is 23.2 Å². The Morgan fingerprint density at radius 2 is 1.31 bits per heavy atom. The van der Waals surface area contributed by atoms with E-state index in [9.17, 15) is 33.3 Å². The number of rotatable bonds is 4. The van der Waals surface area contributed by atoms with Gasteiger partial charge in [-0.15, -0.1) is 0 Å². The largest absolute Gasteiger partial charge is 0.790 e. The van der Waals surface area contributed by atoms with E-state index in [0.717, 1.165) is 0 Å². The minimum atomic E-state index is -5.83. The predicted octanol–water partition coefficient (Wildman–Crippen LogP) is -2.50. The van der Waals surface area contributed by atoms with Crippen LogP contribution in [0, 0.1) is 0 Å². The van der Waals surface area contributed by atoms with Gasteiger partial charge in [0.25, 0.3) is 7.82 Å². The Kier molecular flexibility index (Phi) is 4.04. The van der Waals surface area contributed by atoms with E-state index in [1.165, 1.54) is 0 Å². The van der Waals surface area contributed by atoms with Crippen molar-refractivity contribution in [1.29, 1.82) is 0 Å². The van der Waals surface area contributed by atoms with Crippen LogP contribution in [0.5, 0.6) is 0 Å². The molecule has 2 unspecified atom stereocenters. The lowest BCUT2D eigenvalue weighted by Gasteiger charge is -2.37. The van der Waals surface area contributed by atoms with Gasteiger partial charge in [0.2, 0.25) is 0 Å². The second kappa shape index (κ2) is 3.90. The van der Waals surface area contributed by atoms with Crippen molar-refractivity contribution in [2.75, 3.05) is 6.66 Å². The van der Waals surface area contributed by atoms with E-state index in [1.807, 2.05) is 0 Å². The fourth-order valence-corrected chi connectivity index (χ4v) is 3.14. The molecule has 0 aromatic rings. The minimum absolute atomic E-state index is 0.363. The van der Waals surface area contributed by atoms with Crippen LogP contribution in [0.2, 0.25) is 0 Å². The number of hydrogen-bond donors (Lipinski definition) is 0. The minimum Gasteiger partial charge on any atom is -0.790 e. The topological polar surface area (TPSA) is 162 Å². The maximum Gasteiger partial charge on any atom is 0.276 e. The lowest BCUT2D eigenvalue weighted by atomic mass is 12.0. The van der Waals surface area contributed by atoms with Crippen LogP contribution in [-0.4, -0.2) is 6.66 Å². The quantitative estimate of drug-likeness (QED) is 0.492. The highest BCUT2D eigenvalue weighted by atomic mass is 31.3. The maximum absolute atomic E-state index is 10.3. The van der Waals surface area contributed by atoms with Crippen molar-refractivity contribution in [3.63, 3.8) is 0 Å². The summed E-state index contributed by atoms with van der Waals surface area (Å²) in [5, 5.41) is 0. The lowest BCUT2D eigenvalue weighted by molar-refractivity contribution is -0.339. The third-order valence-corrected chi connectivity index (χ3v) is 4.03. The van der Waals surface area contributed by atoms with Crippen LogP contribution in [0.25, 0.3) is 0 Å². The smallest absolute Gasteiger partial charge is 0.276 e. The first-order valence-corrected chi connectivity index (χ1v) is 7.37. The zero-order chi connectivity index (χ0) is 10.9. The molecule has 0 amide bonds. The second-order valence-electron chi connectivity index (χ2n) is 1.83. The average Bonchev–Trinajstić information content (AvgIpc) is 1.43. The Morgan fingerprint density at radius 3 is 1.54 bits per heavy atom. The first-order valence-electron chi connectivity index (χ1n) is 2.46. The van der Waals surface area contributed by atoms with Crippen molar-refractivity contribution in [2.45, 2.75) is 0 Å². The molecular weight excluding hydrogens is 249 g/mol. The first kappa shape index (κ1) is 13.4. The van der Waals surface area contributed by atoms with Gasteiger partial charge in [-0.05, 0) is 0 Å². The average molecular weight is 252 g/mol. The van der Waals surface area contributed by atoms with Gasteiger partial charge in [0.15, 0.2) is 0 Å². The van der Waals surface area contributed by atoms with Crippen molar-refractivity contribution in [2.24, 2.45) is 0 Å². The summed E-state index contributed by atoms with van der Waals surface area (Å²) in [6.07, 6.45) is 0.